The summed E-state index contributed by atoms with van der Waals surface area (Å²) in [6.07, 6.45) is 0.446. The Balaban J connectivity index is 3.37. The number of carbonyl (C=O) groups excluding carboxylic acids is 5. The van der Waals surface area contributed by atoms with Crippen LogP contribution in [0, 0.1) is 23.7 Å². The summed E-state index contributed by atoms with van der Waals surface area (Å²) in [5.41, 5.74) is 13.1. The standard InChI is InChI=1S/C33H56N6O6/c1-18(2)12-24(17-40)36-33(45)28(29(41)21(7)8)39-32(44)27(16-22-10-9-11-23(34)15-22)38-31(43)26(14-20(5)6)37-30(42)25(35)13-19(3)4/h9-11,15,17-21,24-29,41H,12-14,16,34-35H2,1-8H3,(H,36,45)(H,37,42)(H,38,43)(H,39,44)/t24-,25+,26-,27-,28-,29?/m0/s1. The van der Waals surface area contributed by atoms with Gasteiger partial charge in [0.05, 0.1) is 18.2 Å². The number of amides is 4. The normalized spacial score (nSPS) is 15.6. The van der Waals surface area contributed by atoms with Gasteiger partial charge in [0, 0.05) is 12.1 Å². The van der Waals surface area contributed by atoms with Gasteiger partial charge in [0.1, 0.15) is 24.4 Å². The van der Waals surface area contributed by atoms with E-state index in [0.717, 1.165) is 0 Å². The Morgan fingerprint density at radius 3 is 1.82 bits per heavy atom. The van der Waals surface area contributed by atoms with Gasteiger partial charge in [-0.3, -0.25) is 19.2 Å². The summed E-state index contributed by atoms with van der Waals surface area (Å²) in [5.74, 6) is -2.64. The molecule has 0 fully saturated rings. The van der Waals surface area contributed by atoms with Crippen molar-refractivity contribution in [3.8, 4) is 0 Å². The lowest BCUT2D eigenvalue weighted by atomic mass is 9.96. The monoisotopic (exact) mass is 632 g/mol. The van der Waals surface area contributed by atoms with E-state index in [0.29, 0.717) is 36.8 Å². The van der Waals surface area contributed by atoms with Gasteiger partial charge in [0.2, 0.25) is 23.6 Å². The number of aliphatic hydroxyl groups is 1. The van der Waals surface area contributed by atoms with Crippen LogP contribution in [0.4, 0.5) is 5.69 Å². The highest BCUT2D eigenvalue weighted by Gasteiger charge is 2.35. The lowest BCUT2D eigenvalue weighted by Crippen LogP contribution is -2.61. The molecule has 0 saturated heterocycles. The molecule has 4 amide bonds. The Morgan fingerprint density at radius 2 is 1.31 bits per heavy atom. The average molecular weight is 633 g/mol. The number of rotatable bonds is 19. The molecule has 0 spiro atoms. The maximum atomic E-state index is 13.8. The van der Waals surface area contributed by atoms with Gasteiger partial charge >= 0.3 is 0 Å². The first-order valence-electron chi connectivity index (χ1n) is 15.9. The molecule has 12 heteroatoms. The van der Waals surface area contributed by atoms with Crippen LogP contribution in [0.25, 0.3) is 0 Å². The van der Waals surface area contributed by atoms with Crippen LogP contribution in [-0.2, 0) is 30.4 Å². The van der Waals surface area contributed by atoms with Crippen molar-refractivity contribution in [2.45, 2.75) is 117 Å². The lowest BCUT2D eigenvalue weighted by Gasteiger charge is -2.30. The predicted octanol–water partition coefficient (Wildman–Crippen LogP) is 1.43. The number of hydrogen-bond donors (Lipinski definition) is 7. The van der Waals surface area contributed by atoms with Crippen LogP contribution < -0.4 is 32.7 Å². The van der Waals surface area contributed by atoms with Crippen LogP contribution in [0.15, 0.2) is 24.3 Å². The van der Waals surface area contributed by atoms with Crippen molar-refractivity contribution < 1.29 is 29.1 Å². The number of nitrogens with two attached hydrogens (primary N) is 2. The molecule has 0 saturated carbocycles. The summed E-state index contributed by atoms with van der Waals surface area (Å²) in [7, 11) is 0. The SMILES string of the molecule is CC(C)C[C@@H](C=O)NC(=O)[C@@H](NC(=O)[C@H](Cc1cccc(N)c1)NC(=O)[C@H](CC(C)C)NC(=O)[C@H](N)CC(C)C)C(O)C(C)C. The zero-order chi connectivity index (χ0) is 34.4. The highest BCUT2D eigenvalue weighted by atomic mass is 16.3. The van der Waals surface area contributed by atoms with E-state index in [-0.39, 0.29) is 24.2 Å². The maximum Gasteiger partial charge on any atom is 0.245 e. The molecule has 12 nitrogen and oxygen atoms in total. The summed E-state index contributed by atoms with van der Waals surface area (Å²) in [6, 6.07) is 1.61. The van der Waals surface area contributed by atoms with E-state index in [4.69, 9.17) is 11.5 Å². The molecule has 0 heterocycles. The van der Waals surface area contributed by atoms with Crippen LogP contribution in [0.3, 0.4) is 0 Å². The highest BCUT2D eigenvalue weighted by Crippen LogP contribution is 2.14. The number of aliphatic hydroxyl groups excluding tert-OH is 1. The van der Waals surface area contributed by atoms with Gasteiger partial charge in [-0.05, 0) is 60.6 Å². The minimum Gasteiger partial charge on any atom is -0.399 e. The van der Waals surface area contributed by atoms with Gasteiger partial charge in [-0.15, -0.1) is 0 Å². The molecule has 45 heavy (non-hydrogen) atoms. The minimum absolute atomic E-state index is 0.00818. The topological polar surface area (TPSA) is 206 Å². The van der Waals surface area contributed by atoms with Gasteiger partial charge < -0.3 is 42.6 Å². The molecule has 0 radical (unpaired) electrons. The predicted molar refractivity (Wildman–Crippen MR) is 176 cm³/mol. The Morgan fingerprint density at radius 1 is 0.756 bits per heavy atom. The van der Waals surface area contributed by atoms with Crippen molar-refractivity contribution in [1.29, 1.82) is 0 Å². The van der Waals surface area contributed by atoms with E-state index in [1.54, 1.807) is 38.1 Å². The van der Waals surface area contributed by atoms with E-state index in [9.17, 15) is 29.1 Å². The third-order valence-corrected chi connectivity index (χ3v) is 7.25. The van der Waals surface area contributed by atoms with E-state index in [1.165, 1.54) is 0 Å². The molecule has 9 N–H and O–H groups in total. The molecule has 0 aliphatic rings. The second-order valence-electron chi connectivity index (χ2n) is 13.5. The van der Waals surface area contributed by atoms with Gasteiger partial charge in [0.15, 0.2) is 0 Å². The molecule has 6 atom stereocenters. The molecule has 254 valence electrons. The van der Waals surface area contributed by atoms with Crippen LogP contribution >= 0.6 is 0 Å². The van der Waals surface area contributed by atoms with Gasteiger partial charge in [-0.1, -0.05) is 67.5 Å². The van der Waals surface area contributed by atoms with Gasteiger partial charge in [-0.25, -0.2) is 0 Å². The summed E-state index contributed by atoms with van der Waals surface area (Å²) in [6.45, 7) is 14.9. The number of nitrogens with one attached hydrogen (secondary N) is 4. The van der Waals surface area contributed by atoms with Crippen LogP contribution in [0.5, 0.6) is 0 Å². The lowest BCUT2D eigenvalue weighted by molar-refractivity contribution is -0.136. The Labute approximate surface area is 268 Å². The third-order valence-electron chi connectivity index (χ3n) is 7.25. The van der Waals surface area contributed by atoms with Gasteiger partial charge in [0.25, 0.3) is 0 Å². The zero-order valence-electron chi connectivity index (χ0n) is 28.1. The largest absolute Gasteiger partial charge is 0.399 e. The molecule has 1 rings (SSSR count). The summed E-state index contributed by atoms with van der Waals surface area (Å²) in [5, 5.41) is 21.7. The van der Waals surface area contributed by atoms with Crippen molar-refractivity contribution in [3.63, 3.8) is 0 Å². The maximum absolute atomic E-state index is 13.8. The number of nitrogen functional groups attached to an aromatic ring is 1. The van der Waals surface area contributed by atoms with E-state index < -0.39 is 65.9 Å². The summed E-state index contributed by atoms with van der Waals surface area (Å²) < 4.78 is 0. The second kappa shape index (κ2) is 19.1. The highest BCUT2D eigenvalue weighted by molar-refractivity contribution is 5.95. The smallest absolute Gasteiger partial charge is 0.245 e. The fourth-order valence-electron chi connectivity index (χ4n) is 4.91. The van der Waals surface area contributed by atoms with E-state index in [1.807, 2.05) is 41.5 Å². The molecule has 1 aromatic carbocycles. The molecule has 0 aromatic heterocycles. The van der Waals surface area contributed by atoms with Crippen molar-refractivity contribution >= 4 is 35.6 Å². The molecule has 0 aliphatic carbocycles. The van der Waals surface area contributed by atoms with E-state index >= 15 is 0 Å². The third kappa shape index (κ3) is 14.4. The van der Waals surface area contributed by atoms with Crippen molar-refractivity contribution in [2.24, 2.45) is 29.4 Å². The fourth-order valence-corrected chi connectivity index (χ4v) is 4.91. The Kier molecular flexibility index (Phi) is 16.8. The van der Waals surface area contributed by atoms with Crippen molar-refractivity contribution in [2.75, 3.05) is 5.73 Å². The summed E-state index contributed by atoms with van der Waals surface area (Å²) in [4.78, 5) is 65.3. The Bertz CT molecular complexity index is 1120. The molecule has 0 aliphatic heterocycles. The summed E-state index contributed by atoms with van der Waals surface area (Å²) >= 11 is 0. The number of aldehydes is 1. The molecule has 0 bridgehead atoms. The molecule has 1 unspecified atom stereocenters. The second-order valence-corrected chi connectivity index (χ2v) is 13.5. The number of hydrogen-bond acceptors (Lipinski definition) is 8. The molecular formula is C33H56N6O6. The van der Waals surface area contributed by atoms with Crippen molar-refractivity contribution in [1.82, 2.24) is 21.3 Å². The molecule has 1 aromatic rings. The first kappa shape index (κ1) is 39.5. The van der Waals surface area contributed by atoms with Crippen LogP contribution in [0.2, 0.25) is 0 Å². The van der Waals surface area contributed by atoms with Crippen molar-refractivity contribution in [3.05, 3.63) is 29.8 Å². The Hall–Kier alpha value is -3.51. The first-order valence-corrected chi connectivity index (χ1v) is 15.9. The van der Waals surface area contributed by atoms with Crippen LogP contribution in [0.1, 0.15) is 80.2 Å². The van der Waals surface area contributed by atoms with Crippen LogP contribution in [-0.4, -0.2) is 71.3 Å². The minimum atomic E-state index is -1.41. The fraction of sp³-hybridized carbons (Fsp3) is 0.667. The quantitative estimate of drug-likeness (QED) is 0.0875. The molecular weight excluding hydrogens is 576 g/mol. The number of anilines is 1. The number of carbonyl (C=O) groups is 5. The van der Waals surface area contributed by atoms with Gasteiger partial charge in [-0.2, -0.15) is 0 Å². The number of benzene rings is 1. The average Bonchev–Trinajstić information content (AvgIpc) is 2.93. The first-order chi connectivity index (χ1) is 20.9. The zero-order valence-corrected chi connectivity index (χ0v) is 28.1. The van der Waals surface area contributed by atoms with E-state index in [2.05, 4.69) is 21.3 Å².